The lowest BCUT2D eigenvalue weighted by atomic mass is 9.88. The third kappa shape index (κ3) is 4.93. The van der Waals surface area contributed by atoms with Crippen LogP contribution in [0.25, 0.3) is 0 Å². The lowest BCUT2D eigenvalue weighted by molar-refractivity contribution is -0.125. The maximum absolute atomic E-state index is 13.6. The molecule has 2 aromatic carbocycles. The van der Waals surface area contributed by atoms with Gasteiger partial charge in [0.25, 0.3) is 5.91 Å². The van der Waals surface area contributed by atoms with E-state index in [0.717, 1.165) is 18.4 Å². The Morgan fingerprint density at radius 3 is 2.42 bits per heavy atom. The molecule has 2 aromatic rings. The quantitative estimate of drug-likeness (QED) is 0.629. The van der Waals surface area contributed by atoms with Crippen molar-refractivity contribution in [2.75, 3.05) is 5.75 Å². The van der Waals surface area contributed by atoms with E-state index in [1.165, 1.54) is 19.3 Å². The second-order valence-electron chi connectivity index (χ2n) is 8.47. The van der Waals surface area contributed by atoms with Crippen molar-refractivity contribution in [2.24, 2.45) is 5.92 Å². The molecule has 4 nitrogen and oxygen atoms in total. The van der Waals surface area contributed by atoms with Crippen molar-refractivity contribution in [3.05, 3.63) is 70.7 Å². The molecule has 1 aliphatic carbocycles. The van der Waals surface area contributed by atoms with Crippen LogP contribution >= 0.6 is 23.4 Å². The Bertz CT molecular complexity index is 917. The number of nitrogens with one attached hydrogen (secondary N) is 1. The molecule has 2 amide bonds. The van der Waals surface area contributed by atoms with Gasteiger partial charge < -0.3 is 10.2 Å². The van der Waals surface area contributed by atoms with E-state index in [-0.39, 0.29) is 23.2 Å². The fraction of sp³-hybridized carbons (Fsp3) is 0.440. The molecule has 1 saturated heterocycles. The van der Waals surface area contributed by atoms with Crippen LogP contribution in [0.2, 0.25) is 5.02 Å². The Kier molecular flexibility index (Phi) is 7.24. The number of thioether (sulfide) groups is 1. The molecule has 31 heavy (non-hydrogen) atoms. The van der Waals surface area contributed by atoms with E-state index in [4.69, 9.17) is 11.6 Å². The molecular weight excluding hydrogens is 428 g/mol. The first-order chi connectivity index (χ1) is 15.1. The van der Waals surface area contributed by atoms with Crippen molar-refractivity contribution >= 4 is 35.2 Å². The molecule has 4 rings (SSSR count). The van der Waals surface area contributed by atoms with Crippen LogP contribution in [0.5, 0.6) is 0 Å². The van der Waals surface area contributed by atoms with E-state index in [1.54, 1.807) is 23.9 Å². The number of hydrogen-bond donors (Lipinski definition) is 1. The molecule has 0 spiro atoms. The fourth-order valence-electron chi connectivity index (χ4n) is 4.68. The van der Waals surface area contributed by atoms with Crippen molar-refractivity contribution in [1.29, 1.82) is 0 Å². The number of halogens is 1. The molecule has 1 aliphatic heterocycles. The summed E-state index contributed by atoms with van der Waals surface area (Å²) in [5, 5.41) is 3.59. The van der Waals surface area contributed by atoms with Gasteiger partial charge in [0.05, 0.1) is 22.0 Å². The topological polar surface area (TPSA) is 49.4 Å². The van der Waals surface area contributed by atoms with Gasteiger partial charge in [-0.15, -0.1) is 11.8 Å². The number of benzene rings is 2. The molecule has 164 valence electrons. The largest absolute Gasteiger partial charge is 0.348 e. The van der Waals surface area contributed by atoms with Crippen LogP contribution in [0.1, 0.15) is 61.0 Å². The lowest BCUT2D eigenvalue weighted by Crippen LogP contribution is -2.51. The lowest BCUT2D eigenvalue weighted by Gasteiger charge is -2.36. The molecule has 6 heteroatoms. The van der Waals surface area contributed by atoms with Gasteiger partial charge in [-0.2, -0.15) is 0 Å². The molecule has 2 fully saturated rings. The summed E-state index contributed by atoms with van der Waals surface area (Å²) >= 11 is 8.11. The Labute approximate surface area is 193 Å². The Morgan fingerprint density at radius 2 is 1.71 bits per heavy atom. The second-order valence-corrected chi connectivity index (χ2v) is 10.0. The predicted octanol–water partition coefficient (Wildman–Crippen LogP) is 5.68. The summed E-state index contributed by atoms with van der Waals surface area (Å²) in [7, 11) is 0. The van der Waals surface area contributed by atoms with Crippen molar-refractivity contribution in [3.8, 4) is 0 Å². The monoisotopic (exact) mass is 456 g/mol. The minimum absolute atomic E-state index is 0.0202. The van der Waals surface area contributed by atoms with E-state index in [0.29, 0.717) is 22.3 Å². The van der Waals surface area contributed by atoms with E-state index in [1.807, 2.05) is 54.3 Å². The fourth-order valence-corrected chi connectivity index (χ4v) is 6.53. The molecule has 2 aliphatic rings. The van der Waals surface area contributed by atoms with Gasteiger partial charge in [-0.25, -0.2) is 0 Å². The van der Waals surface area contributed by atoms with E-state index < -0.39 is 6.04 Å². The zero-order chi connectivity index (χ0) is 21.8. The standard InChI is InChI=1S/C25H29ClN2O2S/c1-17(18-10-4-2-5-11-18)27-23(29)22-16-31-25(19-12-6-3-7-13-19)28(22)24(30)20-14-8-9-15-21(20)26/h2,4-5,8-11,14-15,17,19,22,25H,3,6-7,12-13,16H2,1H3,(H,27,29). The smallest absolute Gasteiger partial charge is 0.256 e. The zero-order valence-electron chi connectivity index (χ0n) is 17.8. The number of carbonyl (C=O) groups is 2. The van der Waals surface area contributed by atoms with Gasteiger partial charge in [0, 0.05) is 5.75 Å². The van der Waals surface area contributed by atoms with Crippen molar-refractivity contribution in [2.45, 2.75) is 56.5 Å². The summed E-state index contributed by atoms with van der Waals surface area (Å²) in [5.74, 6) is 0.806. The summed E-state index contributed by atoms with van der Waals surface area (Å²) in [6.45, 7) is 1.98. The van der Waals surface area contributed by atoms with E-state index in [2.05, 4.69) is 5.32 Å². The number of carbonyl (C=O) groups excluding carboxylic acids is 2. The van der Waals surface area contributed by atoms with E-state index in [9.17, 15) is 9.59 Å². The van der Waals surface area contributed by atoms with Crippen LogP contribution in [-0.2, 0) is 4.79 Å². The van der Waals surface area contributed by atoms with Crippen LogP contribution in [0, 0.1) is 5.92 Å². The van der Waals surface area contributed by atoms with Crippen LogP contribution in [-0.4, -0.2) is 33.9 Å². The maximum atomic E-state index is 13.6. The average Bonchev–Trinajstić information content (AvgIpc) is 3.25. The number of amides is 2. The van der Waals surface area contributed by atoms with Crippen LogP contribution in [0.3, 0.4) is 0 Å². The highest BCUT2D eigenvalue weighted by Gasteiger charge is 2.45. The molecule has 3 atom stereocenters. The van der Waals surface area contributed by atoms with Gasteiger partial charge in [-0.05, 0) is 43.4 Å². The van der Waals surface area contributed by atoms with Gasteiger partial charge in [0.15, 0.2) is 0 Å². The summed E-state index contributed by atoms with van der Waals surface area (Å²) in [6, 6.07) is 16.4. The van der Waals surface area contributed by atoms with E-state index >= 15 is 0 Å². The third-order valence-electron chi connectivity index (χ3n) is 6.39. The van der Waals surface area contributed by atoms with Gasteiger partial charge in [-0.1, -0.05) is 73.3 Å². The first-order valence-electron chi connectivity index (χ1n) is 11.1. The third-order valence-corrected chi connectivity index (χ3v) is 8.18. The Hall–Kier alpha value is -1.98. The molecule has 0 aromatic heterocycles. The highest BCUT2D eigenvalue weighted by Crippen LogP contribution is 2.41. The first-order valence-corrected chi connectivity index (χ1v) is 12.5. The Balaban J connectivity index is 1.58. The van der Waals surface area contributed by atoms with Crippen LogP contribution in [0.15, 0.2) is 54.6 Å². The molecular formula is C25H29ClN2O2S. The van der Waals surface area contributed by atoms with Crippen LogP contribution in [0.4, 0.5) is 0 Å². The summed E-state index contributed by atoms with van der Waals surface area (Å²) in [4.78, 5) is 28.8. The first kappa shape index (κ1) is 22.2. The molecule has 0 radical (unpaired) electrons. The van der Waals surface area contributed by atoms with Gasteiger partial charge in [0.1, 0.15) is 6.04 Å². The van der Waals surface area contributed by atoms with Crippen molar-refractivity contribution in [1.82, 2.24) is 10.2 Å². The molecule has 1 heterocycles. The number of nitrogens with zero attached hydrogens (tertiary/aromatic N) is 1. The summed E-state index contributed by atoms with van der Waals surface area (Å²) in [5.41, 5.74) is 1.52. The molecule has 1 saturated carbocycles. The normalized spacial score (nSPS) is 22.8. The van der Waals surface area contributed by atoms with Crippen molar-refractivity contribution in [3.63, 3.8) is 0 Å². The van der Waals surface area contributed by atoms with Crippen molar-refractivity contribution < 1.29 is 9.59 Å². The average molecular weight is 457 g/mol. The summed E-state index contributed by atoms with van der Waals surface area (Å²) < 4.78 is 0. The number of hydrogen-bond acceptors (Lipinski definition) is 3. The highest BCUT2D eigenvalue weighted by atomic mass is 35.5. The molecule has 1 N–H and O–H groups in total. The van der Waals surface area contributed by atoms with Gasteiger partial charge in [0.2, 0.25) is 5.91 Å². The van der Waals surface area contributed by atoms with Gasteiger partial charge >= 0.3 is 0 Å². The molecule has 3 unspecified atom stereocenters. The highest BCUT2D eigenvalue weighted by molar-refractivity contribution is 8.00. The second kappa shape index (κ2) is 10.1. The zero-order valence-corrected chi connectivity index (χ0v) is 19.4. The maximum Gasteiger partial charge on any atom is 0.256 e. The minimum Gasteiger partial charge on any atom is -0.348 e. The minimum atomic E-state index is -0.494. The molecule has 0 bridgehead atoms. The van der Waals surface area contributed by atoms with Gasteiger partial charge in [-0.3, -0.25) is 9.59 Å². The summed E-state index contributed by atoms with van der Waals surface area (Å²) in [6.07, 6.45) is 5.86. The SMILES string of the molecule is CC(NC(=O)C1CSC(C2CCCCC2)N1C(=O)c1ccccc1Cl)c1ccccc1. The van der Waals surface area contributed by atoms with Crippen LogP contribution < -0.4 is 5.32 Å². The Morgan fingerprint density at radius 1 is 1.03 bits per heavy atom. The number of rotatable bonds is 5. The predicted molar refractivity (Wildman–Crippen MR) is 127 cm³/mol.